The van der Waals surface area contributed by atoms with Crippen molar-refractivity contribution >= 4 is 52.3 Å². The molecule has 2 amide bonds. The number of carbonyl (C=O) groups excluding carboxylic acids is 2. The summed E-state index contributed by atoms with van der Waals surface area (Å²) in [6.45, 7) is 5.52. The van der Waals surface area contributed by atoms with Crippen molar-refractivity contribution in [3.8, 4) is 0 Å². The number of halogens is 2. The highest BCUT2D eigenvalue weighted by atomic mass is 35.5. The largest absolute Gasteiger partial charge is 0.593 e. The fraction of sp³-hybridized carbons (Fsp3) is 0.364. The van der Waals surface area contributed by atoms with E-state index in [1.54, 1.807) is 67.7 Å². The fourth-order valence-electron chi connectivity index (χ4n) is 2.93. The van der Waals surface area contributed by atoms with Gasteiger partial charge in [-0.15, -0.1) is 0 Å². The van der Waals surface area contributed by atoms with E-state index in [4.69, 9.17) is 33.7 Å². The first-order valence-corrected chi connectivity index (χ1v) is 12.1. The average Bonchev–Trinajstić information content (AvgIpc) is 2.67. The van der Waals surface area contributed by atoms with Crippen LogP contribution in [0.15, 0.2) is 42.5 Å². The smallest absolute Gasteiger partial charge is 0.408 e. The van der Waals surface area contributed by atoms with E-state index >= 15 is 0 Å². The van der Waals surface area contributed by atoms with E-state index in [0.717, 1.165) is 5.56 Å². The number of amides is 2. The molecule has 0 fully saturated rings. The number of anilines is 1. The Labute approximate surface area is 201 Å². The third-order valence-electron chi connectivity index (χ3n) is 4.34. The SMILES string of the molecule is C[S+]([O-])N(Cc1cccc(Cl)c1Cl)c1ccc(C(CC(N)=O)NC(=O)OC(C)(C)C)cc1. The lowest BCUT2D eigenvalue weighted by Gasteiger charge is -2.26. The molecule has 0 spiro atoms. The number of benzene rings is 2. The number of nitrogens with two attached hydrogens (primary N) is 1. The Kier molecular flexibility index (Phi) is 9.09. The van der Waals surface area contributed by atoms with Crippen LogP contribution in [-0.4, -0.2) is 28.4 Å². The highest BCUT2D eigenvalue weighted by Crippen LogP contribution is 2.30. The molecule has 0 aliphatic rings. The molecule has 32 heavy (non-hydrogen) atoms. The Morgan fingerprint density at radius 3 is 2.34 bits per heavy atom. The molecule has 0 heterocycles. The zero-order valence-corrected chi connectivity index (χ0v) is 20.7. The summed E-state index contributed by atoms with van der Waals surface area (Å²) >= 11 is 11.0. The monoisotopic (exact) mass is 499 g/mol. The highest BCUT2D eigenvalue weighted by molar-refractivity contribution is 7.92. The van der Waals surface area contributed by atoms with Gasteiger partial charge in [-0.1, -0.05) is 47.5 Å². The van der Waals surface area contributed by atoms with Gasteiger partial charge < -0.3 is 20.3 Å². The molecule has 2 aromatic carbocycles. The number of ether oxygens (including phenoxy) is 1. The number of carbonyl (C=O) groups is 2. The van der Waals surface area contributed by atoms with Gasteiger partial charge in [0.25, 0.3) is 0 Å². The Morgan fingerprint density at radius 2 is 1.81 bits per heavy atom. The minimum Gasteiger partial charge on any atom is -0.593 e. The maximum absolute atomic E-state index is 12.4. The molecule has 0 aliphatic heterocycles. The molecule has 0 bridgehead atoms. The van der Waals surface area contributed by atoms with Crippen LogP contribution in [0.5, 0.6) is 0 Å². The minimum absolute atomic E-state index is 0.0971. The maximum Gasteiger partial charge on any atom is 0.408 e. The van der Waals surface area contributed by atoms with Crippen molar-refractivity contribution in [1.29, 1.82) is 0 Å². The first kappa shape index (κ1) is 26.1. The number of nitrogens with one attached hydrogen (secondary N) is 1. The lowest BCUT2D eigenvalue weighted by atomic mass is 10.0. The predicted molar refractivity (Wildman–Crippen MR) is 129 cm³/mol. The normalized spacial score (nSPS) is 13.2. The number of nitrogens with zero attached hydrogens (tertiary/aromatic N) is 1. The molecule has 0 saturated heterocycles. The van der Waals surface area contributed by atoms with Crippen LogP contribution in [0.3, 0.4) is 0 Å². The van der Waals surface area contributed by atoms with Gasteiger partial charge >= 0.3 is 6.09 Å². The van der Waals surface area contributed by atoms with Crippen LogP contribution in [0.2, 0.25) is 10.0 Å². The number of rotatable bonds is 8. The van der Waals surface area contributed by atoms with Crippen molar-refractivity contribution in [2.45, 2.75) is 45.4 Å². The molecular formula is C22H27Cl2N3O4S. The van der Waals surface area contributed by atoms with Crippen LogP contribution in [0.1, 0.15) is 44.4 Å². The van der Waals surface area contributed by atoms with Gasteiger partial charge in [-0.2, -0.15) is 4.31 Å². The zero-order valence-electron chi connectivity index (χ0n) is 18.4. The first-order chi connectivity index (χ1) is 14.9. The fourth-order valence-corrected chi connectivity index (χ4v) is 4.05. The Morgan fingerprint density at radius 1 is 1.19 bits per heavy atom. The molecule has 3 N–H and O–H groups in total. The van der Waals surface area contributed by atoms with Crippen LogP contribution < -0.4 is 15.4 Å². The quantitative estimate of drug-likeness (QED) is 0.510. The summed E-state index contributed by atoms with van der Waals surface area (Å²) in [5, 5.41) is 3.51. The average molecular weight is 500 g/mol. The van der Waals surface area contributed by atoms with Gasteiger partial charge in [0.2, 0.25) is 5.91 Å². The van der Waals surface area contributed by atoms with Crippen LogP contribution in [0.25, 0.3) is 0 Å². The van der Waals surface area contributed by atoms with Crippen molar-refractivity contribution < 1.29 is 18.9 Å². The third kappa shape index (κ3) is 7.78. The molecule has 0 radical (unpaired) electrons. The summed E-state index contributed by atoms with van der Waals surface area (Å²) in [5.41, 5.74) is 6.73. The second kappa shape index (κ2) is 11.1. The Bertz CT molecular complexity index is 949. The minimum atomic E-state index is -1.35. The van der Waals surface area contributed by atoms with Crippen molar-refractivity contribution in [3.63, 3.8) is 0 Å². The van der Waals surface area contributed by atoms with E-state index in [0.29, 0.717) is 21.3 Å². The van der Waals surface area contributed by atoms with Crippen molar-refractivity contribution in [1.82, 2.24) is 5.32 Å². The van der Waals surface area contributed by atoms with Gasteiger partial charge in [-0.05, 0) is 50.1 Å². The van der Waals surface area contributed by atoms with Gasteiger partial charge in [0.15, 0.2) is 0 Å². The molecule has 10 heteroatoms. The van der Waals surface area contributed by atoms with E-state index in [9.17, 15) is 14.1 Å². The molecule has 2 atom stereocenters. The van der Waals surface area contributed by atoms with E-state index in [2.05, 4.69) is 5.32 Å². The first-order valence-electron chi connectivity index (χ1n) is 9.79. The third-order valence-corrected chi connectivity index (χ3v) is 6.15. The summed E-state index contributed by atoms with van der Waals surface area (Å²) in [5.74, 6) is -0.568. The van der Waals surface area contributed by atoms with E-state index in [-0.39, 0.29) is 13.0 Å². The standard InChI is InChI=1S/C22H27Cl2N3O4S/c1-22(2,3)31-21(29)26-18(12-19(25)28)14-8-10-16(11-9-14)27(32(4)30)13-15-6-5-7-17(23)20(15)24/h5-11,18H,12-13H2,1-4H3,(H2,25,28)(H,26,29). The lowest BCUT2D eigenvalue weighted by molar-refractivity contribution is -0.118. The van der Waals surface area contributed by atoms with Gasteiger partial charge in [-0.25, -0.2) is 4.79 Å². The van der Waals surface area contributed by atoms with E-state index in [1.807, 2.05) is 6.07 Å². The van der Waals surface area contributed by atoms with Gasteiger partial charge in [0.1, 0.15) is 11.9 Å². The molecule has 0 aromatic heterocycles. The van der Waals surface area contributed by atoms with Crippen molar-refractivity contribution in [3.05, 3.63) is 63.6 Å². The summed E-state index contributed by atoms with van der Waals surface area (Å²) in [6.07, 6.45) is 0.812. The number of hydrogen-bond acceptors (Lipinski definition) is 5. The summed E-state index contributed by atoms with van der Waals surface area (Å²) in [7, 11) is 0. The van der Waals surface area contributed by atoms with Crippen molar-refractivity contribution in [2.75, 3.05) is 10.6 Å². The van der Waals surface area contributed by atoms with Crippen LogP contribution in [0, 0.1) is 0 Å². The second-order valence-electron chi connectivity index (χ2n) is 8.13. The van der Waals surface area contributed by atoms with Crippen LogP contribution >= 0.6 is 23.2 Å². The molecule has 2 aromatic rings. The molecule has 7 nitrogen and oxygen atoms in total. The van der Waals surface area contributed by atoms with Crippen molar-refractivity contribution in [2.24, 2.45) is 5.73 Å². The van der Waals surface area contributed by atoms with Crippen LogP contribution in [0.4, 0.5) is 10.5 Å². The number of primary amides is 1. The van der Waals surface area contributed by atoms with E-state index < -0.39 is 35.0 Å². The molecule has 0 saturated carbocycles. The summed E-state index contributed by atoms with van der Waals surface area (Å²) in [4.78, 5) is 23.7. The predicted octanol–water partition coefficient (Wildman–Crippen LogP) is 4.73. The van der Waals surface area contributed by atoms with Gasteiger partial charge in [0, 0.05) is 0 Å². The highest BCUT2D eigenvalue weighted by Gasteiger charge is 2.23. The number of hydrogen-bond donors (Lipinski definition) is 2. The van der Waals surface area contributed by atoms with Gasteiger partial charge in [-0.3, -0.25) is 4.79 Å². The van der Waals surface area contributed by atoms with Crippen LogP contribution in [-0.2, 0) is 27.4 Å². The second-order valence-corrected chi connectivity index (χ2v) is 10.2. The number of alkyl carbamates (subject to hydrolysis) is 1. The molecule has 0 aliphatic carbocycles. The zero-order chi connectivity index (χ0) is 24.1. The topological polar surface area (TPSA) is 108 Å². The maximum atomic E-state index is 12.4. The Balaban J connectivity index is 2.25. The molecule has 2 unspecified atom stereocenters. The van der Waals surface area contributed by atoms with Gasteiger partial charge in [0.05, 0.1) is 46.1 Å². The summed E-state index contributed by atoms with van der Waals surface area (Å²) < 4.78 is 19.4. The molecule has 2 rings (SSSR count). The molecular weight excluding hydrogens is 473 g/mol. The van der Waals surface area contributed by atoms with E-state index in [1.165, 1.54) is 0 Å². The lowest BCUT2D eigenvalue weighted by Crippen LogP contribution is -2.36. The molecule has 174 valence electrons. The Hall–Kier alpha value is -2.13. The summed E-state index contributed by atoms with van der Waals surface area (Å²) in [6, 6.07) is 11.6.